The molecular weight excluding hydrogens is 170 g/mol. The molecule has 1 N–H and O–H groups in total. The van der Waals surface area contributed by atoms with Crippen molar-refractivity contribution in [2.45, 2.75) is 39.3 Å². The molecule has 2 atom stereocenters. The van der Waals surface area contributed by atoms with E-state index in [9.17, 15) is 0 Å². The third-order valence-corrected chi connectivity index (χ3v) is 3.23. The van der Waals surface area contributed by atoms with Gasteiger partial charge in [0.25, 0.3) is 0 Å². The van der Waals surface area contributed by atoms with Gasteiger partial charge in [0.1, 0.15) is 0 Å². The van der Waals surface area contributed by atoms with Crippen molar-refractivity contribution in [1.29, 1.82) is 0 Å². The van der Waals surface area contributed by atoms with Gasteiger partial charge >= 0.3 is 0 Å². The number of hydrogen-bond acceptors (Lipinski definition) is 1. The number of hydrogen-bond donors (Lipinski definition) is 1. The summed E-state index contributed by atoms with van der Waals surface area (Å²) >= 11 is 0. The SMILES string of the molecule is CC1NC(C(C)C)Cc2ccccc21. The van der Waals surface area contributed by atoms with Gasteiger partial charge in [-0.3, -0.25) is 0 Å². The quantitative estimate of drug-likeness (QED) is 0.716. The Hall–Kier alpha value is -0.820. The van der Waals surface area contributed by atoms with Crippen LogP contribution in [0.15, 0.2) is 24.3 Å². The first-order valence-corrected chi connectivity index (χ1v) is 5.52. The zero-order valence-corrected chi connectivity index (χ0v) is 9.25. The van der Waals surface area contributed by atoms with Gasteiger partial charge in [0, 0.05) is 12.1 Å². The first kappa shape index (κ1) is 9.72. The van der Waals surface area contributed by atoms with E-state index in [4.69, 9.17) is 0 Å². The molecular formula is C13H19N. The molecule has 0 bridgehead atoms. The van der Waals surface area contributed by atoms with E-state index in [-0.39, 0.29) is 0 Å². The van der Waals surface area contributed by atoms with E-state index in [0.29, 0.717) is 18.0 Å². The summed E-state index contributed by atoms with van der Waals surface area (Å²) in [7, 11) is 0. The molecule has 1 heteroatoms. The minimum absolute atomic E-state index is 0.507. The van der Waals surface area contributed by atoms with E-state index >= 15 is 0 Å². The van der Waals surface area contributed by atoms with Crippen LogP contribution in [0.25, 0.3) is 0 Å². The molecule has 2 unspecified atom stereocenters. The lowest BCUT2D eigenvalue weighted by atomic mass is 9.86. The van der Waals surface area contributed by atoms with Crippen molar-refractivity contribution in [2.75, 3.05) is 0 Å². The van der Waals surface area contributed by atoms with Crippen LogP contribution in [-0.4, -0.2) is 6.04 Å². The van der Waals surface area contributed by atoms with E-state index in [1.54, 1.807) is 0 Å². The highest BCUT2D eigenvalue weighted by atomic mass is 15.0. The van der Waals surface area contributed by atoms with Crippen molar-refractivity contribution < 1.29 is 0 Å². The van der Waals surface area contributed by atoms with Crippen molar-refractivity contribution in [3.8, 4) is 0 Å². The molecule has 0 saturated carbocycles. The molecule has 0 fully saturated rings. The Morgan fingerprint density at radius 3 is 2.71 bits per heavy atom. The number of benzene rings is 1. The first-order chi connectivity index (χ1) is 6.68. The minimum atomic E-state index is 0.507. The molecule has 0 saturated heterocycles. The topological polar surface area (TPSA) is 12.0 Å². The van der Waals surface area contributed by atoms with Gasteiger partial charge in [0.2, 0.25) is 0 Å². The lowest BCUT2D eigenvalue weighted by Gasteiger charge is -2.33. The fourth-order valence-electron chi connectivity index (χ4n) is 2.28. The Bertz CT molecular complexity index is 317. The van der Waals surface area contributed by atoms with Crippen LogP contribution in [-0.2, 0) is 6.42 Å². The lowest BCUT2D eigenvalue weighted by Crippen LogP contribution is -2.41. The molecule has 1 aliphatic rings. The second-order valence-corrected chi connectivity index (χ2v) is 4.64. The van der Waals surface area contributed by atoms with Gasteiger partial charge in [-0.2, -0.15) is 0 Å². The van der Waals surface area contributed by atoms with Crippen LogP contribution in [0.3, 0.4) is 0 Å². The van der Waals surface area contributed by atoms with Crippen LogP contribution >= 0.6 is 0 Å². The molecule has 76 valence electrons. The molecule has 0 aliphatic carbocycles. The largest absolute Gasteiger partial charge is 0.307 e. The molecule has 2 rings (SSSR count). The van der Waals surface area contributed by atoms with Gasteiger partial charge in [-0.05, 0) is 30.4 Å². The first-order valence-electron chi connectivity index (χ1n) is 5.52. The van der Waals surface area contributed by atoms with E-state index < -0.39 is 0 Å². The molecule has 1 aliphatic heterocycles. The molecule has 0 radical (unpaired) electrons. The highest BCUT2D eigenvalue weighted by molar-refractivity contribution is 5.32. The summed E-state index contributed by atoms with van der Waals surface area (Å²) in [5.74, 6) is 0.714. The van der Waals surface area contributed by atoms with Gasteiger partial charge in [0.15, 0.2) is 0 Å². The van der Waals surface area contributed by atoms with Crippen molar-refractivity contribution in [3.05, 3.63) is 35.4 Å². The van der Waals surface area contributed by atoms with Gasteiger partial charge < -0.3 is 5.32 Å². The van der Waals surface area contributed by atoms with Crippen molar-refractivity contribution in [2.24, 2.45) is 5.92 Å². The molecule has 1 heterocycles. The summed E-state index contributed by atoms with van der Waals surface area (Å²) in [6.07, 6.45) is 1.18. The average molecular weight is 189 g/mol. The lowest BCUT2D eigenvalue weighted by molar-refractivity contribution is 0.342. The summed E-state index contributed by atoms with van der Waals surface area (Å²) < 4.78 is 0. The van der Waals surface area contributed by atoms with Crippen molar-refractivity contribution >= 4 is 0 Å². The highest BCUT2D eigenvalue weighted by Gasteiger charge is 2.24. The molecule has 0 spiro atoms. The Balaban J connectivity index is 2.29. The molecule has 0 amide bonds. The highest BCUT2D eigenvalue weighted by Crippen LogP contribution is 2.26. The maximum absolute atomic E-state index is 3.67. The van der Waals surface area contributed by atoms with Crippen LogP contribution < -0.4 is 5.32 Å². The maximum atomic E-state index is 3.67. The number of fused-ring (bicyclic) bond motifs is 1. The standard InChI is InChI=1S/C13H19N/c1-9(2)13-8-11-6-4-5-7-12(11)10(3)14-13/h4-7,9-10,13-14H,8H2,1-3H3. The summed E-state index contributed by atoms with van der Waals surface area (Å²) in [5, 5.41) is 3.67. The average Bonchev–Trinajstić information content (AvgIpc) is 2.17. The molecule has 1 aromatic rings. The van der Waals surface area contributed by atoms with Gasteiger partial charge in [-0.25, -0.2) is 0 Å². The van der Waals surface area contributed by atoms with Crippen molar-refractivity contribution in [1.82, 2.24) is 5.32 Å². The summed E-state index contributed by atoms with van der Waals surface area (Å²) in [4.78, 5) is 0. The monoisotopic (exact) mass is 189 g/mol. The zero-order valence-electron chi connectivity index (χ0n) is 9.25. The van der Waals surface area contributed by atoms with Gasteiger partial charge in [-0.1, -0.05) is 38.1 Å². The van der Waals surface area contributed by atoms with E-state index in [1.807, 2.05) is 0 Å². The van der Waals surface area contributed by atoms with Crippen LogP contribution in [0.4, 0.5) is 0 Å². The van der Waals surface area contributed by atoms with Crippen LogP contribution in [0.1, 0.15) is 37.9 Å². The minimum Gasteiger partial charge on any atom is -0.307 e. The van der Waals surface area contributed by atoms with Gasteiger partial charge in [0.05, 0.1) is 0 Å². The Morgan fingerprint density at radius 2 is 2.00 bits per heavy atom. The second-order valence-electron chi connectivity index (χ2n) is 4.64. The third kappa shape index (κ3) is 1.69. The Kier molecular flexibility index (Phi) is 2.60. The van der Waals surface area contributed by atoms with Crippen LogP contribution in [0, 0.1) is 5.92 Å². The molecule has 1 nitrogen and oxygen atoms in total. The summed E-state index contributed by atoms with van der Waals surface area (Å²) in [6.45, 7) is 6.84. The normalized spacial score (nSPS) is 26.3. The number of nitrogens with one attached hydrogen (secondary N) is 1. The molecule has 0 aromatic heterocycles. The summed E-state index contributed by atoms with van der Waals surface area (Å²) in [5.41, 5.74) is 3.00. The van der Waals surface area contributed by atoms with Crippen LogP contribution in [0.2, 0.25) is 0 Å². The fraction of sp³-hybridized carbons (Fsp3) is 0.538. The van der Waals surface area contributed by atoms with Crippen molar-refractivity contribution in [3.63, 3.8) is 0 Å². The second kappa shape index (κ2) is 3.74. The summed E-state index contributed by atoms with van der Waals surface area (Å²) in [6, 6.07) is 9.93. The van der Waals surface area contributed by atoms with Crippen LogP contribution in [0.5, 0.6) is 0 Å². The van der Waals surface area contributed by atoms with E-state index in [1.165, 1.54) is 17.5 Å². The Labute approximate surface area is 86.5 Å². The van der Waals surface area contributed by atoms with E-state index in [0.717, 1.165) is 0 Å². The predicted octanol–water partition coefficient (Wildman–Crippen LogP) is 2.92. The predicted molar refractivity (Wildman–Crippen MR) is 60.3 cm³/mol. The van der Waals surface area contributed by atoms with Gasteiger partial charge in [-0.15, -0.1) is 0 Å². The van der Waals surface area contributed by atoms with E-state index in [2.05, 4.69) is 50.4 Å². The number of rotatable bonds is 1. The Morgan fingerprint density at radius 1 is 1.29 bits per heavy atom. The maximum Gasteiger partial charge on any atom is 0.0297 e. The smallest absolute Gasteiger partial charge is 0.0297 e. The fourth-order valence-corrected chi connectivity index (χ4v) is 2.28. The third-order valence-electron chi connectivity index (χ3n) is 3.23. The zero-order chi connectivity index (χ0) is 10.1. The molecule has 14 heavy (non-hydrogen) atoms. The molecule has 1 aromatic carbocycles.